The molecule has 0 bridgehead atoms. The van der Waals surface area contributed by atoms with Crippen molar-refractivity contribution in [3.8, 4) is 11.5 Å². The molecule has 1 heterocycles. The van der Waals surface area contributed by atoms with Crippen molar-refractivity contribution in [1.29, 1.82) is 0 Å². The quantitative estimate of drug-likeness (QED) is 0.271. The number of carbonyl (C=O) groups excluding carboxylic acids is 2. The number of para-hydroxylation sites is 1. The highest BCUT2D eigenvalue weighted by Gasteiger charge is 2.32. The second kappa shape index (κ2) is 11.7. The fourth-order valence-corrected chi connectivity index (χ4v) is 4.19. The van der Waals surface area contributed by atoms with Gasteiger partial charge in [-0.2, -0.15) is 0 Å². The molecule has 39 heavy (non-hydrogen) atoms. The largest absolute Gasteiger partial charge is 0.497 e. The van der Waals surface area contributed by atoms with Gasteiger partial charge in [0.1, 0.15) is 23.0 Å². The van der Waals surface area contributed by atoms with Gasteiger partial charge < -0.3 is 14.8 Å². The summed E-state index contributed by atoms with van der Waals surface area (Å²) < 4.78 is 11.0. The van der Waals surface area contributed by atoms with E-state index in [0.717, 1.165) is 11.1 Å². The molecular weight excluding hydrogens is 514 g/mol. The van der Waals surface area contributed by atoms with Gasteiger partial charge in [-0.1, -0.05) is 72.3 Å². The predicted molar refractivity (Wildman–Crippen MR) is 153 cm³/mol. The van der Waals surface area contributed by atoms with Gasteiger partial charge in [0.25, 0.3) is 11.8 Å². The van der Waals surface area contributed by atoms with E-state index in [1.54, 1.807) is 72.7 Å². The van der Waals surface area contributed by atoms with Gasteiger partial charge in [0.15, 0.2) is 6.61 Å². The Labute approximate surface area is 231 Å². The third kappa shape index (κ3) is 6.00. The summed E-state index contributed by atoms with van der Waals surface area (Å²) in [5.74, 6) is 1.10. The van der Waals surface area contributed by atoms with Gasteiger partial charge >= 0.3 is 0 Å². The van der Waals surface area contributed by atoms with Crippen LogP contribution in [-0.2, 0) is 9.59 Å². The Bertz CT molecular complexity index is 1570. The maximum Gasteiger partial charge on any atom is 0.282 e. The topological polar surface area (TPSA) is 80.2 Å². The summed E-state index contributed by atoms with van der Waals surface area (Å²) in [7, 11) is 1.58. The number of nitrogens with zero attached hydrogens (tertiary/aromatic N) is 2. The zero-order chi connectivity index (χ0) is 27.2. The number of methoxy groups -OCH3 is 1. The first kappa shape index (κ1) is 25.8. The van der Waals surface area contributed by atoms with E-state index in [0.29, 0.717) is 39.4 Å². The van der Waals surface area contributed by atoms with Crippen LogP contribution in [0, 0.1) is 0 Å². The predicted octanol–water partition coefficient (Wildman–Crippen LogP) is 6.20. The molecule has 4 aromatic rings. The molecule has 0 atom stereocenters. The first-order valence-electron chi connectivity index (χ1n) is 12.1. The Hall–Kier alpha value is -4.88. The summed E-state index contributed by atoms with van der Waals surface area (Å²) in [5, 5.41) is 3.17. The first-order valence-corrected chi connectivity index (χ1v) is 12.5. The van der Waals surface area contributed by atoms with Crippen molar-refractivity contribution < 1.29 is 19.1 Å². The lowest BCUT2D eigenvalue weighted by Crippen LogP contribution is -2.32. The number of amidine groups is 1. The van der Waals surface area contributed by atoms with Crippen LogP contribution in [0.5, 0.6) is 11.5 Å². The Balaban J connectivity index is 1.33. The van der Waals surface area contributed by atoms with Gasteiger partial charge in [0, 0.05) is 11.6 Å². The number of hydrogen-bond acceptors (Lipinski definition) is 5. The summed E-state index contributed by atoms with van der Waals surface area (Å²) >= 11 is 6.08. The van der Waals surface area contributed by atoms with Gasteiger partial charge in [0.2, 0.25) is 0 Å². The minimum absolute atomic E-state index is 0.176. The Morgan fingerprint density at radius 1 is 0.923 bits per heavy atom. The summed E-state index contributed by atoms with van der Waals surface area (Å²) in [6.45, 7) is -0.176. The van der Waals surface area contributed by atoms with Crippen LogP contribution < -0.4 is 19.7 Å². The van der Waals surface area contributed by atoms with E-state index in [1.807, 2.05) is 48.5 Å². The number of anilines is 2. The van der Waals surface area contributed by atoms with E-state index in [9.17, 15) is 9.59 Å². The van der Waals surface area contributed by atoms with Crippen LogP contribution in [0.25, 0.3) is 6.08 Å². The molecule has 0 aliphatic carbocycles. The lowest BCUT2D eigenvalue weighted by atomic mass is 10.1. The lowest BCUT2D eigenvalue weighted by Gasteiger charge is -2.19. The van der Waals surface area contributed by atoms with Crippen LogP contribution in [0.15, 0.2) is 114 Å². The maximum atomic E-state index is 13.5. The SMILES string of the molecule is COc1cccc(N2C(=O)/C(=C/c3ccc(OCC(=O)Nc4ccccc4Cl)cc3)N=C2c2ccccc2)c1. The molecular formula is C31H24ClN3O4. The molecule has 0 aromatic heterocycles. The standard InChI is InChI=1S/C31H24ClN3O4/c1-38-25-11-7-10-23(19-25)35-30(22-8-3-2-4-9-22)34-28(31(35)37)18-21-14-16-24(17-15-21)39-20-29(36)33-27-13-6-5-12-26(27)32/h2-19H,20H2,1H3,(H,33,36)/b28-18-. The van der Waals surface area contributed by atoms with Gasteiger partial charge in [0.05, 0.1) is 23.5 Å². The number of halogens is 1. The van der Waals surface area contributed by atoms with Crippen molar-refractivity contribution >= 4 is 46.7 Å². The zero-order valence-corrected chi connectivity index (χ0v) is 21.8. The third-order valence-corrected chi connectivity index (χ3v) is 6.23. The summed E-state index contributed by atoms with van der Waals surface area (Å²) in [4.78, 5) is 32.1. The highest BCUT2D eigenvalue weighted by molar-refractivity contribution is 6.34. The van der Waals surface area contributed by atoms with Crippen LogP contribution in [-0.4, -0.2) is 31.4 Å². The fraction of sp³-hybridized carbons (Fsp3) is 0.0645. The molecule has 194 valence electrons. The molecule has 1 aliphatic rings. The summed E-state index contributed by atoms with van der Waals surface area (Å²) in [6.07, 6.45) is 1.72. The van der Waals surface area contributed by atoms with E-state index in [2.05, 4.69) is 5.32 Å². The molecule has 2 amide bonds. The number of nitrogens with one attached hydrogen (secondary N) is 1. The van der Waals surface area contributed by atoms with Crippen LogP contribution in [0.4, 0.5) is 11.4 Å². The fourth-order valence-electron chi connectivity index (χ4n) is 4.00. The van der Waals surface area contributed by atoms with Crippen molar-refractivity contribution in [3.05, 3.63) is 125 Å². The average molecular weight is 538 g/mol. The minimum atomic E-state index is -0.328. The van der Waals surface area contributed by atoms with E-state index in [4.69, 9.17) is 26.1 Å². The molecule has 1 aliphatic heterocycles. The average Bonchev–Trinajstić information content (AvgIpc) is 3.30. The number of carbonyl (C=O) groups is 2. The number of amides is 2. The molecule has 0 radical (unpaired) electrons. The van der Waals surface area contributed by atoms with E-state index in [-0.39, 0.29) is 18.4 Å². The van der Waals surface area contributed by atoms with E-state index in [1.165, 1.54) is 0 Å². The second-order valence-electron chi connectivity index (χ2n) is 8.56. The third-order valence-electron chi connectivity index (χ3n) is 5.91. The van der Waals surface area contributed by atoms with Crippen molar-refractivity contribution in [2.24, 2.45) is 4.99 Å². The molecule has 7 nitrogen and oxygen atoms in total. The molecule has 0 unspecified atom stereocenters. The number of ether oxygens (including phenoxy) is 2. The molecule has 4 aromatic carbocycles. The normalized spacial score (nSPS) is 13.8. The molecule has 0 saturated heterocycles. The minimum Gasteiger partial charge on any atom is -0.497 e. The van der Waals surface area contributed by atoms with Gasteiger partial charge in [-0.3, -0.25) is 14.5 Å². The Morgan fingerprint density at radius 3 is 2.41 bits per heavy atom. The van der Waals surface area contributed by atoms with E-state index < -0.39 is 0 Å². The molecule has 0 saturated carbocycles. The van der Waals surface area contributed by atoms with Gasteiger partial charge in [-0.25, -0.2) is 4.99 Å². The number of benzene rings is 4. The summed E-state index contributed by atoms with van der Waals surface area (Å²) in [5.41, 5.74) is 3.05. The highest BCUT2D eigenvalue weighted by atomic mass is 35.5. The van der Waals surface area contributed by atoms with Crippen LogP contribution >= 0.6 is 11.6 Å². The molecule has 5 rings (SSSR count). The van der Waals surface area contributed by atoms with Crippen LogP contribution in [0.1, 0.15) is 11.1 Å². The zero-order valence-electron chi connectivity index (χ0n) is 21.0. The van der Waals surface area contributed by atoms with Crippen molar-refractivity contribution in [2.75, 3.05) is 23.9 Å². The Kier molecular flexibility index (Phi) is 7.70. The second-order valence-corrected chi connectivity index (χ2v) is 8.97. The first-order chi connectivity index (χ1) is 19.0. The number of hydrogen-bond donors (Lipinski definition) is 1. The number of aliphatic imine (C=N–C) groups is 1. The maximum absolute atomic E-state index is 13.5. The van der Waals surface area contributed by atoms with Crippen molar-refractivity contribution in [3.63, 3.8) is 0 Å². The van der Waals surface area contributed by atoms with Gasteiger partial charge in [-0.05, 0) is 48.0 Å². The van der Waals surface area contributed by atoms with Crippen molar-refractivity contribution in [1.82, 2.24) is 0 Å². The highest BCUT2D eigenvalue weighted by Crippen LogP contribution is 2.30. The van der Waals surface area contributed by atoms with Crippen LogP contribution in [0.2, 0.25) is 5.02 Å². The Morgan fingerprint density at radius 2 is 1.67 bits per heavy atom. The van der Waals surface area contributed by atoms with Crippen LogP contribution in [0.3, 0.4) is 0 Å². The molecule has 8 heteroatoms. The molecule has 1 N–H and O–H groups in total. The smallest absolute Gasteiger partial charge is 0.282 e. The number of rotatable bonds is 8. The summed E-state index contributed by atoms with van der Waals surface area (Å²) in [6, 6.07) is 30.9. The van der Waals surface area contributed by atoms with E-state index >= 15 is 0 Å². The molecule has 0 spiro atoms. The van der Waals surface area contributed by atoms with Gasteiger partial charge in [-0.15, -0.1) is 0 Å². The molecule has 0 fully saturated rings. The monoisotopic (exact) mass is 537 g/mol. The lowest BCUT2D eigenvalue weighted by molar-refractivity contribution is -0.118. The van der Waals surface area contributed by atoms with Crippen molar-refractivity contribution in [2.45, 2.75) is 0 Å².